The molecule has 1 aromatic rings. The molecule has 0 heterocycles. The van der Waals surface area contributed by atoms with Crippen LogP contribution in [0.15, 0.2) is 24.3 Å². The highest BCUT2D eigenvalue weighted by atomic mass is 28.1. The molecule has 0 aliphatic carbocycles. The summed E-state index contributed by atoms with van der Waals surface area (Å²) in [5.41, 5.74) is 1.14. The lowest BCUT2D eigenvalue weighted by atomic mass is 10.2. The van der Waals surface area contributed by atoms with Crippen molar-refractivity contribution < 1.29 is 0 Å². The Morgan fingerprint density at radius 1 is 1.44 bits per heavy atom. The maximum Gasteiger partial charge on any atom is 0.0392 e. The molecule has 44 valence electrons. The predicted molar refractivity (Wildman–Crippen MR) is 42.9 cm³/mol. The summed E-state index contributed by atoms with van der Waals surface area (Å²) in [7, 11) is 0.937. The van der Waals surface area contributed by atoms with Crippen molar-refractivity contribution in [2.45, 2.75) is 0 Å². The third-order valence-electron chi connectivity index (χ3n) is 1.17. The molecular weight excluding hydrogens is 124 g/mol. The summed E-state index contributed by atoms with van der Waals surface area (Å²) in [6, 6.07) is 10.6. The number of hydrogen-bond acceptors (Lipinski definition) is 0. The summed E-state index contributed by atoms with van der Waals surface area (Å²) in [5, 5.41) is 0.990. The summed E-state index contributed by atoms with van der Waals surface area (Å²) in [4.78, 5) is 0. The van der Waals surface area contributed by atoms with E-state index in [1.807, 2.05) is 24.3 Å². The van der Waals surface area contributed by atoms with E-state index >= 15 is 0 Å². The zero-order valence-electron chi connectivity index (χ0n) is 5.39. The Morgan fingerprint density at radius 2 is 2.00 bits per heavy atom. The van der Waals surface area contributed by atoms with Gasteiger partial charge in [-0.15, -0.1) is 0 Å². The Bertz CT molecular complexity index is 201. The standard InChI is InChI=1S/C8H8Si/c1-7(9)8-5-3-2-4-6-8/h1,3-6H,9H3. The van der Waals surface area contributed by atoms with Crippen LogP contribution in [0.2, 0.25) is 0 Å². The van der Waals surface area contributed by atoms with E-state index in [1.54, 1.807) is 0 Å². The molecule has 0 nitrogen and oxygen atoms in total. The highest BCUT2D eigenvalue weighted by molar-refractivity contribution is 6.41. The lowest BCUT2D eigenvalue weighted by molar-refractivity contribution is 1.64. The highest BCUT2D eigenvalue weighted by Crippen LogP contribution is 2.05. The van der Waals surface area contributed by atoms with E-state index in [0.29, 0.717) is 0 Å². The van der Waals surface area contributed by atoms with E-state index in [4.69, 9.17) is 6.58 Å². The fourth-order valence-corrected chi connectivity index (χ4v) is 0.983. The average Bonchev–Trinajstić information content (AvgIpc) is 1.90. The molecule has 0 spiro atoms. The largest absolute Gasteiger partial charge is 0.0637 e. The quantitative estimate of drug-likeness (QED) is 0.492. The second kappa shape index (κ2) is 2.64. The van der Waals surface area contributed by atoms with Crippen LogP contribution in [-0.2, 0) is 0 Å². The van der Waals surface area contributed by atoms with Crippen molar-refractivity contribution in [3.8, 4) is 0 Å². The minimum absolute atomic E-state index is 0.937. The van der Waals surface area contributed by atoms with Gasteiger partial charge in [0.25, 0.3) is 0 Å². The molecule has 1 heteroatoms. The van der Waals surface area contributed by atoms with Crippen molar-refractivity contribution in [3.05, 3.63) is 42.5 Å². The maximum atomic E-state index is 5.58. The van der Waals surface area contributed by atoms with Crippen molar-refractivity contribution in [2.75, 3.05) is 0 Å². The van der Waals surface area contributed by atoms with E-state index in [2.05, 4.69) is 6.07 Å². The van der Waals surface area contributed by atoms with Crippen LogP contribution in [0.1, 0.15) is 5.56 Å². The first-order chi connectivity index (χ1) is 4.30. The van der Waals surface area contributed by atoms with Crippen LogP contribution in [0.4, 0.5) is 0 Å². The van der Waals surface area contributed by atoms with Gasteiger partial charge in [0.15, 0.2) is 0 Å². The SMILES string of the molecule is [CH]=C([SiH3])c1cc[c]cc1. The van der Waals surface area contributed by atoms with Crippen LogP contribution in [0.25, 0.3) is 5.20 Å². The van der Waals surface area contributed by atoms with Crippen LogP contribution in [0, 0.1) is 12.6 Å². The molecule has 0 saturated carbocycles. The molecule has 0 bridgehead atoms. The predicted octanol–water partition coefficient (Wildman–Crippen LogP) is 0.626. The first-order valence-corrected chi connectivity index (χ1v) is 3.86. The Hall–Kier alpha value is -0.823. The van der Waals surface area contributed by atoms with Crippen molar-refractivity contribution in [2.24, 2.45) is 0 Å². The molecule has 0 saturated heterocycles. The lowest BCUT2D eigenvalue weighted by Gasteiger charge is -1.94. The van der Waals surface area contributed by atoms with Crippen LogP contribution >= 0.6 is 0 Å². The third kappa shape index (κ3) is 1.54. The Kier molecular flexibility index (Phi) is 1.85. The van der Waals surface area contributed by atoms with Crippen molar-refractivity contribution in [1.29, 1.82) is 0 Å². The highest BCUT2D eigenvalue weighted by Gasteiger charge is 1.86. The lowest BCUT2D eigenvalue weighted by Crippen LogP contribution is -1.77. The third-order valence-corrected chi connectivity index (χ3v) is 1.75. The zero-order valence-corrected chi connectivity index (χ0v) is 7.39. The van der Waals surface area contributed by atoms with Gasteiger partial charge in [-0.3, -0.25) is 0 Å². The van der Waals surface area contributed by atoms with Gasteiger partial charge < -0.3 is 0 Å². The summed E-state index contributed by atoms with van der Waals surface area (Å²) in [5.74, 6) is 0. The summed E-state index contributed by atoms with van der Waals surface area (Å²) in [6.07, 6.45) is 0. The minimum Gasteiger partial charge on any atom is -0.0637 e. The normalized spacial score (nSPS) is 9.33. The Morgan fingerprint density at radius 3 is 2.33 bits per heavy atom. The van der Waals surface area contributed by atoms with Gasteiger partial charge in [-0.05, 0) is 11.6 Å². The summed E-state index contributed by atoms with van der Waals surface area (Å²) >= 11 is 0. The van der Waals surface area contributed by atoms with E-state index in [-0.39, 0.29) is 0 Å². The van der Waals surface area contributed by atoms with Crippen molar-refractivity contribution in [1.82, 2.24) is 0 Å². The second-order valence-electron chi connectivity index (χ2n) is 1.97. The molecule has 1 aromatic carbocycles. The fraction of sp³-hybridized carbons (Fsp3) is 0. The summed E-state index contributed by atoms with van der Waals surface area (Å²) < 4.78 is 0. The molecular formula is C8H8Si. The molecule has 9 heavy (non-hydrogen) atoms. The minimum atomic E-state index is 0.937. The molecule has 0 atom stereocenters. The fourth-order valence-electron chi connectivity index (χ4n) is 0.650. The van der Waals surface area contributed by atoms with Crippen molar-refractivity contribution >= 4 is 15.4 Å². The van der Waals surface area contributed by atoms with Crippen LogP contribution in [0.5, 0.6) is 0 Å². The molecule has 1 rings (SSSR count). The Balaban J connectivity index is 2.98. The zero-order chi connectivity index (χ0) is 6.69. The van der Waals surface area contributed by atoms with Crippen LogP contribution < -0.4 is 0 Å². The van der Waals surface area contributed by atoms with E-state index in [9.17, 15) is 0 Å². The van der Waals surface area contributed by atoms with Gasteiger partial charge in [0.05, 0.1) is 0 Å². The Labute approximate surface area is 58.6 Å². The van der Waals surface area contributed by atoms with Crippen molar-refractivity contribution in [3.63, 3.8) is 0 Å². The van der Waals surface area contributed by atoms with Gasteiger partial charge in [0.1, 0.15) is 0 Å². The number of benzene rings is 1. The van der Waals surface area contributed by atoms with E-state index in [1.165, 1.54) is 0 Å². The number of rotatable bonds is 1. The van der Waals surface area contributed by atoms with E-state index in [0.717, 1.165) is 21.0 Å². The number of hydrogen-bond donors (Lipinski definition) is 0. The molecule has 0 fully saturated rings. The van der Waals surface area contributed by atoms with Gasteiger partial charge >= 0.3 is 0 Å². The average molecular weight is 132 g/mol. The van der Waals surface area contributed by atoms with Crippen LogP contribution in [-0.4, -0.2) is 10.2 Å². The molecule has 2 radical (unpaired) electrons. The van der Waals surface area contributed by atoms with Crippen LogP contribution in [0.3, 0.4) is 0 Å². The van der Waals surface area contributed by atoms with Gasteiger partial charge in [-0.1, -0.05) is 36.0 Å². The maximum absolute atomic E-state index is 5.58. The van der Waals surface area contributed by atoms with E-state index < -0.39 is 0 Å². The molecule has 0 aromatic heterocycles. The van der Waals surface area contributed by atoms with Gasteiger partial charge in [-0.25, -0.2) is 0 Å². The van der Waals surface area contributed by atoms with Gasteiger partial charge in [-0.2, -0.15) is 0 Å². The first-order valence-electron chi connectivity index (χ1n) is 2.86. The molecule has 0 unspecified atom stereocenters. The molecule has 0 aliphatic heterocycles. The second-order valence-corrected chi connectivity index (χ2v) is 3.05. The first kappa shape index (κ1) is 6.30. The molecule has 0 aliphatic rings. The topological polar surface area (TPSA) is 0 Å². The van der Waals surface area contributed by atoms with Gasteiger partial charge in [0, 0.05) is 10.2 Å². The smallest absolute Gasteiger partial charge is 0.0392 e. The van der Waals surface area contributed by atoms with Gasteiger partial charge in [0.2, 0.25) is 0 Å². The monoisotopic (exact) mass is 132 g/mol. The summed E-state index contributed by atoms with van der Waals surface area (Å²) in [6.45, 7) is 5.58. The molecule has 0 amide bonds. The molecule has 0 N–H and O–H groups in total.